The Kier molecular flexibility index (Phi) is 3.13. The minimum Gasteiger partial charge on any atom is -0.456 e. The Labute approximate surface area is 96.6 Å². The third kappa shape index (κ3) is 2.87. The lowest BCUT2D eigenvalue weighted by Gasteiger charge is -2.02. The molecule has 0 saturated heterocycles. The van der Waals surface area contributed by atoms with Crippen molar-refractivity contribution in [1.29, 1.82) is 0 Å². The van der Waals surface area contributed by atoms with Crippen LogP contribution >= 0.6 is 0 Å². The molecule has 17 heavy (non-hydrogen) atoms. The zero-order valence-electron chi connectivity index (χ0n) is 9.11. The molecule has 0 bridgehead atoms. The molecule has 2 rings (SSSR count). The van der Waals surface area contributed by atoms with Crippen LogP contribution in [0.15, 0.2) is 24.5 Å². The number of aromatic amines is 1. The van der Waals surface area contributed by atoms with Gasteiger partial charge in [0.15, 0.2) is 5.69 Å². The van der Waals surface area contributed by atoms with Crippen LogP contribution in [0.2, 0.25) is 0 Å². The Morgan fingerprint density at radius 2 is 2.29 bits per heavy atom. The van der Waals surface area contributed by atoms with Crippen molar-refractivity contribution in [3.63, 3.8) is 0 Å². The Balaban J connectivity index is 1.97. The summed E-state index contributed by atoms with van der Waals surface area (Å²) >= 11 is 0. The van der Waals surface area contributed by atoms with Crippen LogP contribution in [0, 0.1) is 12.7 Å². The predicted molar refractivity (Wildman–Crippen MR) is 56.6 cm³/mol. The number of hydrogen-bond donors (Lipinski definition) is 1. The quantitative estimate of drug-likeness (QED) is 0.820. The molecule has 5 nitrogen and oxygen atoms in total. The van der Waals surface area contributed by atoms with Gasteiger partial charge in [0, 0.05) is 17.5 Å². The van der Waals surface area contributed by atoms with Crippen LogP contribution in [0.4, 0.5) is 4.39 Å². The highest BCUT2D eigenvalue weighted by atomic mass is 19.1. The smallest absolute Gasteiger partial charge is 0.359 e. The molecule has 0 spiro atoms. The molecule has 0 unspecified atom stereocenters. The van der Waals surface area contributed by atoms with Crippen LogP contribution in [0.3, 0.4) is 0 Å². The van der Waals surface area contributed by atoms with E-state index in [1.807, 2.05) is 0 Å². The van der Waals surface area contributed by atoms with Gasteiger partial charge in [0.2, 0.25) is 0 Å². The average molecular weight is 235 g/mol. The lowest BCUT2D eigenvalue weighted by Crippen LogP contribution is -2.06. The summed E-state index contributed by atoms with van der Waals surface area (Å²) in [5, 5.41) is 6.39. The molecule has 6 heteroatoms. The molecule has 0 aliphatic carbocycles. The van der Waals surface area contributed by atoms with E-state index in [1.165, 1.54) is 12.3 Å². The largest absolute Gasteiger partial charge is 0.456 e. The van der Waals surface area contributed by atoms with E-state index in [4.69, 9.17) is 4.74 Å². The second-order valence-electron chi connectivity index (χ2n) is 3.52. The van der Waals surface area contributed by atoms with Gasteiger partial charge in [0.25, 0.3) is 0 Å². The molecule has 1 N–H and O–H groups in total. The first-order chi connectivity index (χ1) is 8.15. The molecular formula is C11H10FN3O2. The number of pyridine rings is 1. The molecule has 0 aliphatic rings. The summed E-state index contributed by atoms with van der Waals surface area (Å²) < 4.78 is 17.8. The molecule has 0 aliphatic heterocycles. The number of H-pyrrole nitrogens is 1. The van der Waals surface area contributed by atoms with E-state index >= 15 is 0 Å². The molecule has 0 amide bonds. The maximum Gasteiger partial charge on any atom is 0.359 e. The minimum atomic E-state index is -0.557. The summed E-state index contributed by atoms with van der Waals surface area (Å²) in [6, 6.07) is 2.84. The number of carbonyl (C=O) groups excluding carboxylic acids is 1. The number of ether oxygens (including phenoxy) is 1. The number of aromatic nitrogens is 3. The van der Waals surface area contributed by atoms with Gasteiger partial charge >= 0.3 is 5.97 Å². The van der Waals surface area contributed by atoms with Crippen molar-refractivity contribution in [3.05, 3.63) is 47.3 Å². The van der Waals surface area contributed by atoms with Crippen LogP contribution in [0.5, 0.6) is 0 Å². The number of esters is 1. The number of nitrogens with one attached hydrogen (secondary N) is 1. The van der Waals surface area contributed by atoms with Gasteiger partial charge < -0.3 is 4.74 Å². The standard InChI is InChI=1S/C11H10FN3O2/c1-7-2-10(15-14-7)11(16)17-6-8-3-9(12)5-13-4-8/h2-5H,6H2,1H3,(H,14,15). The fourth-order valence-electron chi connectivity index (χ4n) is 1.28. The third-order valence-corrected chi connectivity index (χ3v) is 2.05. The molecule has 0 radical (unpaired) electrons. The Hall–Kier alpha value is -2.24. The maximum absolute atomic E-state index is 12.8. The van der Waals surface area contributed by atoms with Gasteiger partial charge in [-0.2, -0.15) is 5.10 Å². The zero-order chi connectivity index (χ0) is 12.3. The number of halogens is 1. The van der Waals surface area contributed by atoms with Crippen LogP contribution in [0.25, 0.3) is 0 Å². The average Bonchev–Trinajstić information content (AvgIpc) is 2.73. The lowest BCUT2D eigenvalue weighted by atomic mass is 10.3. The normalized spacial score (nSPS) is 10.2. The molecule has 2 aromatic rings. The second-order valence-corrected chi connectivity index (χ2v) is 3.52. The molecule has 2 heterocycles. The molecule has 0 fully saturated rings. The summed E-state index contributed by atoms with van der Waals surface area (Å²) in [6.07, 6.45) is 2.52. The minimum absolute atomic E-state index is 0.0322. The van der Waals surface area contributed by atoms with E-state index in [1.54, 1.807) is 13.0 Å². The van der Waals surface area contributed by atoms with Crippen molar-refractivity contribution in [3.8, 4) is 0 Å². The number of rotatable bonds is 3. The number of aryl methyl sites for hydroxylation is 1. The highest BCUT2D eigenvalue weighted by Gasteiger charge is 2.10. The van der Waals surface area contributed by atoms with E-state index in [-0.39, 0.29) is 12.3 Å². The van der Waals surface area contributed by atoms with Crippen LogP contribution in [-0.2, 0) is 11.3 Å². The monoisotopic (exact) mass is 235 g/mol. The zero-order valence-corrected chi connectivity index (χ0v) is 9.11. The number of hydrogen-bond acceptors (Lipinski definition) is 4. The van der Waals surface area contributed by atoms with Crippen molar-refractivity contribution in [2.24, 2.45) is 0 Å². The molecule has 2 aromatic heterocycles. The van der Waals surface area contributed by atoms with Gasteiger partial charge in [-0.3, -0.25) is 10.1 Å². The van der Waals surface area contributed by atoms with Gasteiger partial charge in [-0.25, -0.2) is 9.18 Å². The summed E-state index contributed by atoms with van der Waals surface area (Å²) in [5.41, 5.74) is 1.46. The summed E-state index contributed by atoms with van der Waals surface area (Å²) in [7, 11) is 0. The van der Waals surface area contributed by atoms with E-state index in [2.05, 4.69) is 15.2 Å². The van der Waals surface area contributed by atoms with Crippen molar-refractivity contribution in [1.82, 2.24) is 15.2 Å². The fraction of sp³-hybridized carbons (Fsp3) is 0.182. The Bertz CT molecular complexity index is 539. The lowest BCUT2D eigenvalue weighted by molar-refractivity contribution is 0.0465. The molecule has 0 atom stereocenters. The van der Waals surface area contributed by atoms with Gasteiger partial charge in [-0.05, 0) is 19.1 Å². The van der Waals surface area contributed by atoms with Gasteiger partial charge in [0.1, 0.15) is 12.4 Å². The summed E-state index contributed by atoms with van der Waals surface area (Å²) in [5.74, 6) is -1.02. The van der Waals surface area contributed by atoms with E-state index in [0.717, 1.165) is 11.9 Å². The van der Waals surface area contributed by atoms with Crippen LogP contribution < -0.4 is 0 Å². The number of carbonyl (C=O) groups is 1. The van der Waals surface area contributed by atoms with E-state index in [0.29, 0.717) is 5.56 Å². The number of nitrogens with zero attached hydrogens (tertiary/aromatic N) is 2. The van der Waals surface area contributed by atoms with E-state index in [9.17, 15) is 9.18 Å². The maximum atomic E-state index is 12.8. The summed E-state index contributed by atoms with van der Waals surface area (Å²) in [6.45, 7) is 1.75. The predicted octanol–water partition coefficient (Wildman–Crippen LogP) is 1.61. The van der Waals surface area contributed by atoms with Crippen molar-refractivity contribution >= 4 is 5.97 Å². The first-order valence-electron chi connectivity index (χ1n) is 4.94. The first kappa shape index (κ1) is 11.3. The topological polar surface area (TPSA) is 67.9 Å². The highest BCUT2D eigenvalue weighted by molar-refractivity contribution is 5.87. The molecular weight excluding hydrogens is 225 g/mol. The van der Waals surface area contributed by atoms with Crippen molar-refractivity contribution in [2.45, 2.75) is 13.5 Å². The van der Waals surface area contributed by atoms with Crippen LogP contribution in [0.1, 0.15) is 21.7 Å². The molecule has 0 saturated carbocycles. The summed E-state index contributed by atoms with van der Waals surface area (Å²) in [4.78, 5) is 15.1. The molecule has 0 aromatic carbocycles. The Morgan fingerprint density at radius 3 is 2.94 bits per heavy atom. The highest BCUT2D eigenvalue weighted by Crippen LogP contribution is 2.06. The van der Waals surface area contributed by atoms with Gasteiger partial charge in [0.05, 0.1) is 6.20 Å². The van der Waals surface area contributed by atoms with Crippen molar-refractivity contribution in [2.75, 3.05) is 0 Å². The molecule has 88 valence electrons. The van der Waals surface area contributed by atoms with E-state index < -0.39 is 11.8 Å². The fourth-order valence-corrected chi connectivity index (χ4v) is 1.28. The Morgan fingerprint density at radius 1 is 1.47 bits per heavy atom. The SMILES string of the molecule is Cc1cc(C(=O)OCc2cncc(F)c2)n[nH]1. The third-order valence-electron chi connectivity index (χ3n) is 2.05. The van der Waals surface area contributed by atoms with Gasteiger partial charge in [-0.15, -0.1) is 0 Å². The van der Waals surface area contributed by atoms with Crippen LogP contribution in [-0.4, -0.2) is 21.2 Å². The van der Waals surface area contributed by atoms with Gasteiger partial charge in [-0.1, -0.05) is 0 Å². The second kappa shape index (κ2) is 4.73. The van der Waals surface area contributed by atoms with Crippen molar-refractivity contribution < 1.29 is 13.9 Å². The first-order valence-corrected chi connectivity index (χ1v) is 4.94.